The molecule has 24 heavy (non-hydrogen) atoms. The number of nitrogens with zero attached hydrogens (tertiary/aromatic N) is 3. The van der Waals surface area contributed by atoms with Gasteiger partial charge in [-0.15, -0.1) is 0 Å². The zero-order valence-corrected chi connectivity index (χ0v) is 14.3. The molecule has 1 aliphatic heterocycles. The number of hydrogen-bond acceptors (Lipinski definition) is 4. The van der Waals surface area contributed by atoms with Crippen LogP contribution < -0.4 is 15.8 Å². The Morgan fingerprint density at radius 3 is 3.04 bits per heavy atom. The highest BCUT2D eigenvalue weighted by Gasteiger charge is 2.23. The third kappa shape index (κ3) is 4.24. The van der Waals surface area contributed by atoms with E-state index in [2.05, 4.69) is 21.4 Å². The van der Waals surface area contributed by atoms with Crippen LogP contribution in [0.2, 0.25) is 0 Å². The highest BCUT2D eigenvalue weighted by atomic mass is 16.1. The number of anilines is 1. The molecule has 1 fully saturated rings. The van der Waals surface area contributed by atoms with Gasteiger partial charge in [-0.2, -0.15) is 5.10 Å². The van der Waals surface area contributed by atoms with E-state index in [-0.39, 0.29) is 11.5 Å². The second-order valence-corrected chi connectivity index (χ2v) is 6.87. The largest absolute Gasteiger partial charge is 0.370 e. The van der Waals surface area contributed by atoms with Crippen molar-refractivity contribution >= 4 is 11.6 Å². The first-order valence-corrected chi connectivity index (χ1v) is 8.85. The molecule has 0 spiro atoms. The highest BCUT2D eigenvalue weighted by Crippen LogP contribution is 2.22. The second kappa shape index (κ2) is 7.64. The molecule has 6 heteroatoms. The van der Waals surface area contributed by atoms with Crippen molar-refractivity contribution in [2.24, 2.45) is 13.0 Å². The van der Waals surface area contributed by atoms with Crippen LogP contribution in [0.5, 0.6) is 0 Å². The van der Waals surface area contributed by atoms with E-state index < -0.39 is 0 Å². The lowest BCUT2D eigenvalue weighted by atomic mass is 9.97. The van der Waals surface area contributed by atoms with Gasteiger partial charge < -0.3 is 10.2 Å². The van der Waals surface area contributed by atoms with Gasteiger partial charge in [-0.05, 0) is 38.0 Å². The molecule has 0 aromatic carbocycles. The van der Waals surface area contributed by atoms with E-state index in [4.69, 9.17) is 0 Å². The van der Waals surface area contributed by atoms with Gasteiger partial charge in [0.05, 0.1) is 11.9 Å². The number of aromatic nitrogens is 2. The minimum absolute atomic E-state index is 0.0926. The molecule has 0 unspecified atom stereocenters. The Bertz CT molecular complexity index is 680. The monoisotopic (exact) mass is 330 g/mol. The summed E-state index contributed by atoms with van der Waals surface area (Å²) in [6.07, 6.45) is 10.2. The lowest BCUT2D eigenvalue weighted by molar-refractivity contribution is -0.120. The Morgan fingerprint density at radius 1 is 1.42 bits per heavy atom. The van der Waals surface area contributed by atoms with Crippen LogP contribution >= 0.6 is 0 Å². The quantitative estimate of drug-likeness (QED) is 0.833. The van der Waals surface area contributed by atoms with Crippen molar-refractivity contribution in [3.8, 4) is 0 Å². The summed E-state index contributed by atoms with van der Waals surface area (Å²) < 4.78 is 1.33. The lowest BCUT2D eigenvalue weighted by Gasteiger charge is -2.18. The van der Waals surface area contributed by atoms with Crippen molar-refractivity contribution in [3.05, 3.63) is 34.3 Å². The SMILES string of the molecule is Cn1ncc(N2CC[C@@H](CNC(=O)CC3=CCCCC3)C2)cc1=O. The van der Waals surface area contributed by atoms with Gasteiger partial charge in [0.25, 0.3) is 5.56 Å². The van der Waals surface area contributed by atoms with Crippen LogP contribution in [0.1, 0.15) is 38.5 Å². The molecule has 6 nitrogen and oxygen atoms in total. The maximum Gasteiger partial charge on any atom is 0.268 e. The van der Waals surface area contributed by atoms with Crippen molar-refractivity contribution in [1.82, 2.24) is 15.1 Å². The van der Waals surface area contributed by atoms with Crippen molar-refractivity contribution in [2.45, 2.75) is 38.5 Å². The third-order valence-electron chi connectivity index (χ3n) is 4.97. The third-order valence-corrected chi connectivity index (χ3v) is 4.97. The second-order valence-electron chi connectivity index (χ2n) is 6.87. The van der Waals surface area contributed by atoms with Gasteiger partial charge in [-0.25, -0.2) is 4.68 Å². The van der Waals surface area contributed by atoms with E-state index in [1.165, 1.54) is 23.1 Å². The summed E-state index contributed by atoms with van der Waals surface area (Å²) in [5, 5.41) is 7.15. The van der Waals surface area contributed by atoms with Crippen molar-refractivity contribution in [1.29, 1.82) is 0 Å². The molecular formula is C18H26N4O2. The molecule has 1 aromatic rings. The Balaban J connectivity index is 1.45. The normalized spacial score (nSPS) is 20.8. The van der Waals surface area contributed by atoms with Gasteiger partial charge in [-0.3, -0.25) is 9.59 Å². The smallest absolute Gasteiger partial charge is 0.268 e. The van der Waals surface area contributed by atoms with Crippen LogP contribution in [0.4, 0.5) is 5.69 Å². The van der Waals surface area contributed by atoms with Gasteiger partial charge in [0.15, 0.2) is 0 Å². The molecule has 1 amide bonds. The average molecular weight is 330 g/mol. The Hall–Kier alpha value is -2.11. The summed E-state index contributed by atoms with van der Waals surface area (Å²) in [5.41, 5.74) is 2.07. The molecule has 130 valence electrons. The molecule has 0 radical (unpaired) electrons. The number of hydrogen-bond donors (Lipinski definition) is 1. The topological polar surface area (TPSA) is 67.2 Å². The highest BCUT2D eigenvalue weighted by molar-refractivity contribution is 5.78. The van der Waals surface area contributed by atoms with Gasteiger partial charge in [0.1, 0.15) is 0 Å². The number of nitrogens with one attached hydrogen (secondary N) is 1. The first-order valence-electron chi connectivity index (χ1n) is 8.85. The van der Waals surface area contributed by atoms with Crippen LogP contribution in [-0.2, 0) is 11.8 Å². The average Bonchev–Trinajstić information content (AvgIpc) is 3.05. The summed E-state index contributed by atoms with van der Waals surface area (Å²) >= 11 is 0. The fourth-order valence-electron chi connectivity index (χ4n) is 3.46. The van der Waals surface area contributed by atoms with E-state index in [0.29, 0.717) is 18.9 Å². The standard InChI is InChI=1S/C18H26N4O2/c1-21-18(24)10-16(12-20-21)22-8-7-15(13-22)11-19-17(23)9-14-5-3-2-4-6-14/h5,10,12,15H,2-4,6-9,11,13H2,1H3,(H,19,23)/t15-/m0/s1. The van der Waals surface area contributed by atoms with Gasteiger partial charge in [0, 0.05) is 39.2 Å². The summed E-state index contributed by atoms with van der Waals surface area (Å²) in [6.45, 7) is 2.47. The van der Waals surface area contributed by atoms with E-state index >= 15 is 0 Å². The molecule has 0 bridgehead atoms. The number of allylic oxidation sites excluding steroid dienone is 1. The van der Waals surface area contributed by atoms with E-state index in [1.54, 1.807) is 19.3 Å². The Kier molecular flexibility index (Phi) is 5.33. The summed E-state index contributed by atoms with van der Waals surface area (Å²) in [5.74, 6) is 0.565. The lowest BCUT2D eigenvalue weighted by Crippen LogP contribution is -2.31. The first-order chi connectivity index (χ1) is 11.6. The molecular weight excluding hydrogens is 304 g/mol. The summed E-state index contributed by atoms with van der Waals surface area (Å²) in [4.78, 5) is 26.0. The van der Waals surface area contributed by atoms with Crippen molar-refractivity contribution in [3.63, 3.8) is 0 Å². The van der Waals surface area contributed by atoms with Crippen LogP contribution in [0.3, 0.4) is 0 Å². The van der Waals surface area contributed by atoms with Gasteiger partial charge in [-0.1, -0.05) is 11.6 Å². The maximum absolute atomic E-state index is 12.1. The van der Waals surface area contributed by atoms with E-state index in [1.807, 2.05) is 0 Å². The van der Waals surface area contributed by atoms with Gasteiger partial charge >= 0.3 is 0 Å². The van der Waals surface area contributed by atoms with Crippen LogP contribution in [0, 0.1) is 5.92 Å². The van der Waals surface area contributed by atoms with Crippen LogP contribution in [0.25, 0.3) is 0 Å². The summed E-state index contributed by atoms with van der Waals surface area (Å²) in [6, 6.07) is 1.63. The zero-order valence-electron chi connectivity index (χ0n) is 14.3. The first kappa shape index (κ1) is 16.7. The van der Waals surface area contributed by atoms with Crippen molar-refractivity contribution < 1.29 is 4.79 Å². The molecule has 2 heterocycles. The Morgan fingerprint density at radius 2 is 2.29 bits per heavy atom. The fraction of sp³-hybridized carbons (Fsp3) is 0.611. The number of carbonyl (C=O) groups is 1. The van der Waals surface area contributed by atoms with Gasteiger partial charge in [0.2, 0.25) is 5.91 Å². The van der Waals surface area contributed by atoms with Crippen LogP contribution in [0.15, 0.2) is 28.7 Å². The molecule has 0 saturated carbocycles. The number of aryl methyl sites for hydroxylation is 1. The molecule has 1 aliphatic carbocycles. The maximum atomic E-state index is 12.1. The van der Waals surface area contributed by atoms with Crippen LogP contribution in [-0.4, -0.2) is 35.3 Å². The van der Waals surface area contributed by atoms with Crippen molar-refractivity contribution in [2.75, 3.05) is 24.5 Å². The molecule has 1 aromatic heterocycles. The molecule has 1 saturated heterocycles. The molecule has 3 rings (SSSR count). The zero-order chi connectivity index (χ0) is 16.9. The van der Waals surface area contributed by atoms with E-state index in [9.17, 15) is 9.59 Å². The minimum Gasteiger partial charge on any atom is -0.370 e. The Labute approximate surface area is 142 Å². The number of rotatable bonds is 5. The van der Waals surface area contributed by atoms with E-state index in [0.717, 1.165) is 38.0 Å². The molecule has 2 aliphatic rings. The number of carbonyl (C=O) groups excluding carboxylic acids is 1. The molecule has 1 atom stereocenters. The molecule has 1 N–H and O–H groups in total. The fourth-order valence-corrected chi connectivity index (χ4v) is 3.46. The predicted octanol–water partition coefficient (Wildman–Crippen LogP) is 1.61. The minimum atomic E-state index is -0.0926. The predicted molar refractivity (Wildman–Crippen MR) is 94.0 cm³/mol. The summed E-state index contributed by atoms with van der Waals surface area (Å²) in [7, 11) is 1.65. The number of amides is 1.